The second-order valence-corrected chi connectivity index (χ2v) is 5.99. The lowest BCUT2D eigenvalue weighted by molar-refractivity contribution is -0.150. The number of ether oxygens (including phenoxy) is 1. The van der Waals surface area contributed by atoms with Crippen LogP contribution in [0.15, 0.2) is 24.3 Å². The van der Waals surface area contributed by atoms with Crippen molar-refractivity contribution >= 4 is 29.3 Å². The minimum Gasteiger partial charge on any atom is -0.494 e. The molecule has 1 fully saturated rings. The molecule has 1 heterocycles. The Hall–Kier alpha value is -2.90. The summed E-state index contributed by atoms with van der Waals surface area (Å²) in [5.41, 5.74) is 6.27. The Balaban J connectivity index is 1.53. The first-order chi connectivity index (χ1) is 12.5. The van der Waals surface area contributed by atoms with Crippen LogP contribution in [0.4, 0.5) is 5.69 Å². The van der Waals surface area contributed by atoms with Crippen molar-refractivity contribution in [1.29, 1.82) is 0 Å². The van der Waals surface area contributed by atoms with Gasteiger partial charge in [0.25, 0.3) is 0 Å². The average molecular weight is 361 g/mol. The molecule has 0 spiro atoms. The van der Waals surface area contributed by atoms with Gasteiger partial charge in [0.2, 0.25) is 23.6 Å². The standard InChI is InChI=1S/C18H23N3O5/c19-13-3-5-14(6-4-13)26-12-2-1-11-20-15(22)7-8-16(23)21-17(24)9-10-18(21)25/h3-6H,1-2,7-12,19H2,(H,20,22). The summed E-state index contributed by atoms with van der Waals surface area (Å²) in [6, 6.07) is 7.12. The van der Waals surface area contributed by atoms with Crippen LogP contribution in [0.25, 0.3) is 0 Å². The minimum absolute atomic E-state index is 0.0438. The van der Waals surface area contributed by atoms with Crippen LogP contribution in [0.5, 0.6) is 5.75 Å². The van der Waals surface area contributed by atoms with Gasteiger partial charge in [0.05, 0.1) is 6.61 Å². The number of nitrogens with two attached hydrogens (primary N) is 1. The Morgan fingerprint density at radius 1 is 1.04 bits per heavy atom. The fraction of sp³-hybridized carbons (Fsp3) is 0.444. The first-order valence-electron chi connectivity index (χ1n) is 8.61. The zero-order chi connectivity index (χ0) is 18.9. The number of carbonyl (C=O) groups excluding carboxylic acids is 4. The molecule has 1 aromatic rings. The molecule has 8 heteroatoms. The van der Waals surface area contributed by atoms with Crippen molar-refractivity contribution in [1.82, 2.24) is 10.2 Å². The summed E-state index contributed by atoms with van der Waals surface area (Å²) < 4.78 is 5.54. The van der Waals surface area contributed by atoms with Gasteiger partial charge in [0.1, 0.15) is 5.75 Å². The summed E-state index contributed by atoms with van der Waals surface area (Å²) in [6.45, 7) is 0.997. The third-order valence-corrected chi connectivity index (χ3v) is 3.91. The van der Waals surface area contributed by atoms with Gasteiger partial charge >= 0.3 is 0 Å². The number of hydrogen-bond acceptors (Lipinski definition) is 6. The van der Waals surface area contributed by atoms with Crippen LogP contribution in [-0.4, -0.2) is 41.7 Å². The van der Waals surface area contributed by atoms with Crippen molar-refractivity contribution < 1.29 is 23.9 Å². The van der Waals surface area contributed by atoms with Gasteiger partial charge in [-0.3, -0.25) is 19.2 Å². The van der Waals surface area contributed by atoms with Crippen LogP contribution in [-0.2, 0) is 19.2 Å². The maximum atomic E-state index is 11.8. The number of benzene rings is 1. The highest BCUT2D eigenvalue weighted by Gasteiger charge is 2.33. The number of nitrogens with one attached hydrogen (secondary N) is 1. The number of hydrogen-bond donors (Lipinski definition) is 2. The van der Waals surface area contributed by atoms with Gasteiger partial charge in [-0.2, -0.15) is 0 Å². The highest BCUT2D eigenvalue weighted by atomic mass is 16.5. The van der Waals surface area contributed by atoms with Crippen molar-refractivity contribution in [2.24, 2.45) is 0 Å². The molecule has 0 aliphatic carbocycles. The highest BCUT2D eigenvalue weighted by Crippen LogP contribution is 2.14. The lowest BCUT2D eigenvalue weighted by atomic mass is 10.2. The molecule has 140 valence electrons. The monoisotopic (exact) mass is 361 g/mol. The number of unbranched alkanes of at least 4 members (excludes halogenated alkanes) is 1. The SMILES string of the molecule is Nc1ccc(OCCCCNC(=O)CCC(=O)N2C(=O)CCC2=O)cc1. The zero-order valence-electron chi connectivity index (χ0n) is 14.5. The lowest BCUT2D eigenvalue weighted by Gasteiger charge is -2.11. The fourth-order valence-electron chi connectivity index (χ4n) is 2.48. The van der Waals surface area contributed by atoms with Crippen LogP contribution < -0.4 is 15.8 Å². The molecule has 8 nitrogen and oxygen atoms in total. The third kappa shape index (κ3) is 5.87. The molecule has 3 N–H and O–H groups in total. The molecule has 1 aliphatic heterocycles. The van der Waals surface area contributed by atoms with E-state index in [1.807, 2.05) is 0 Å². The number of nitrogen functional groups attached to an aromatic ring is 1. The molecule has 1 saturated heterocycles. The third-order valence-electron chi connectivity index (χ3n) is 3.91. The summed E-state index contributed by atoms with van der Waals surface area (Å²) >= 11 is 0. The molecule has 0 atom stereocenters. The normalized spacial score (nSPS) is 13.8. The van der Waals surface area contributed by atoms with Gasteiger partial charge < -0.3 is 15.8 Å². The number of nitrogens with zero attached hydrogens (tertiary/aromatic N) is 1. The van der Waals surface area contributed by atoms with Crippen molar-refractivity contribution in [3.8, 4) is 5.75 Å². The van der Waals surface area contributed by atoms with Gasteiger partial charge in [-0.25, -0.2) is 4.90 Å². The Labute approximate surface area is 151 Å². The number of imide groups is 3. The number of likely N-dealkylation sites (tertiary alicyclic amines) is 1. The molecule has 0 aromatic heterocycles. The summed E-state index contributed by atoms with van der Waals surface area (Å²) in [5, 5.41) is 2.71. The Bertz CT molecular complexity index is 656. The molecule has 26 heavy (non-hydrogen) atoms. The summed E-state index contributed by atoms with van der Waals surface area (Å²) in [6.07, 6.45) is 1.43. The van der Waals surface area contributed by atoms with E-state index >= 15 is 0 Å². The Morgan fingerprint density at radius 2 is 1.69 bits per heavy atom. The van der Waals surface area contributed by atoms with Crippen molar-refractivity contribution in [2.75, 3.05) is 18.9 Å². The first kappa shape index (κ1) is 19.4. The second-order valence-electron chi connectivity index (χ2n) is 5.99. The smallest absolute Gasteiger partial charge is 0.236 e. The molecule has 0 unspecified atom stereocenters. The van der Waals surface area contributed by atoms with Crippen LogP contribution in [0.3, 0.4) is 0 Å². The predicted molar refractivity (Wildman–Crippen MR) is 93.9 cm³/mol. The molecule has 0 bridgehead atoms. The molecule has 4 amide bonds. The van der Waals surface area contributed by atoms with Crippen molar-refractivity contribution in [3.05, 3.63) is 24.3 Å². The van der Waals surface area contributed by atoms with E-state index in [9.17, 15) is 19.2 Å². The van der Waals surface area contributed by atoms with E-state index < -0.39 is 17.7 Å². The topological polar surface area (TPSA) is 119 Å². The van der Waals surface area contributed by atoms with Crippen molar-refractivity contribution in [2.45, 2.75) is 38.5 Å². The van der Waals surface area contributed by atoms with Crippen LogP contribution >= 0.6 is 0 Å². The van der Waals surface area contributed by atoms with Crippen LogP contribution in [0, 0.1) is 0 Å². The lowest BCUT2D eigenvalue weighted by Crippen LogP contribution is -2.36. The number of carbonyl (C=O) groups is 4. The van der Waals surface area contributed by atoms with Gasteiger partial charge in [0, 0.05) is 37.9 Å². The van der Waals surface area contributed by atoms with Crippen LogP contribution in [0.2, 0.25) is 0 Å². The molecule has 1 aliphatic rings. The van der Waals surface area contributed by atoms with Gasteiger partial charge in [-0.15, -0.1) is 0 Å². The molecule has 1 aromatic carbocycles. The summed E-state index contributed by atoms with van der Waals surface area (Å²) in [5.74, 6) is -1.11. The molecular formula is C18H23N3O5. The van der Waals surface area contributed by atoms with Crippen LogP contribution in [0.1, 0.15) is 38.5 Å². The Morgan fingerprint density at radius 3 is 2.35 bits per heavy atom. The van der Waals surface area contributed by atoms with E-state index in [0.717, 1.165) is 18.6 Å². The first-order valence-corrected chi connectivity index (χ1v) is 8.61. The molecule has 2 rings (SSSR count). The van der Waals surface area contributed by atoms with Crippen molar-refractivity contribution in [3.63, 3.8) is 0 Å². The van der Waals surface area contributed by atoms with Gasteiger partial charge in [0.15, 0.2) is 0 Å². The second kappa shape index (κ2) is 9.55. The quantitative estimate of drug-likeness (QED) is 0.385. The van der Waals surface area contributed by atoms with Gasteiger partial charge in [-0.05, 0) is 37.1 Å². The molecular weight excluding hydrogens is 338 g/mol. The van der Waals surface area contributed by atoms with E-state index in [4.69, 9.17) is 10.5 Å². The Kier molecular flexibility index (Phi) is 7.13. The number of rotatable bonds is 9. The average Bonchev–Trinajstić information content (AvgIpc) is 2.96. The molecule has 0 radical (unpaired) electrons. The summed E-state index contributed by atoms with van der Waals surface area (Å²) in [7, 11) is 0. The predicted octanol–water partition coefficient (Wildman–Crippen LogP) is 1.000. The van der Waals surface area contributed by atoms with E-state index in [-0.39, 0.29) is 31.6 Å². The number of anilines is 1. The number of amides is 4. The highest BCUT2D eigenvalue weighted by molar-refractivity contribution is 6.15. The van der Waals surface area contributed by atoms with E-state index in [2.05, 4.69) is 5.32 Å². The van der Waals surface area contributed by atoms with E-state index in [1.165, 1.54) is 0 Å². The fourth-order valence-corrected chi connectivity index (χ4v) is 2.48. The van der Waals surface area contributed by atoms with Gasteiger partial charge in [-0.1, -0.05) is 0 Å². The largest absolute Gasteiger partial charge is 0.494 e. The molecule has 0 saturated carbocycles. The minimum atomic E-state index is -0.607. The van der Waals surface area contributed by atoms with E-state index in [1.54, 1.807) is 24.3 Å². The summed E-state index contributed by atoms with van der Waals surface area (Å²) in [4.78, 5) is 47.0. The van der Waals surface area contributed by atoms with E-state index in [0.29, 0.717) is 23.7 Å². The maximum Gasteiger partial charge on any atom is 0.236 e. The zero-order valence-corrected chi connectivity index (χ0v) is 14.5. The maximum absolute atomic E-state index is 11.8.